The Morgan fingerprint density at radius 2 is 1.95 bits per heavy atom. The van der Waals surface area contributed by atoms with Gasteiger partial charge in [0.05, 0.1) is 0 Å². The Labute approximate surface area is 121 Å². The minimum absolute atomic E-state index is 0.0376. The molecule has 0 radical (unpaired) electrons. The predicted molar refractivity (Wildman–Crippen MR) is 75.3 cm³/mol. The lowest BCUT2D eigenvalue weighted by atomic mass is 10.2. The second-order valence-electron chi connectivity index (χ2n) is 4.52. The molecule has 0 amide bonds. The van der Waals surface area contributed by atoms with Crippen LogP contribution >= 0.6 is 15.9 Å². The van der Waals surface area contributed by atoms with E-state index in [2.05, 4.69) is 20.7 Å². The van der Waals surface area contributed by atoms with E-state index in [0.29, 0.717) is 18.7 Å². The fourth-order valence-electron chi connectivity index (χ4n) is 2.04. The quantitative estimate of drug-likeness (QED) is 0.906. The van der Waals surface area contributed by atoms with E-state index >= 15 is 0 Å². The Hall–Kier alpha value is -0.500. The molecule has 2 rings (SSSR count). The normalized spacial score (nSPS) is 17.6. The molecule has 0 atom stereocenters. The van der Waals surface area contributed by atoms with Gasteiger partial charge in [0.2, 0.25) is 0 Å². The fourth-order valence-corrected chi connectivity index (χ4v) is 3.71. The van der Waals surface area contributed by atoms with E-state index < -0.39 is 16.0 Å². The van der Waals surface area contributed by atoms with Gasteiger partial charge in [0.25, 0.3) is 10.2 Å². The smallest absolute Gasteiger partial charge is 0.207 e. The van der Waals surface area contributed by atoms with E-state index in [1.165, 1.54) is 10.4 Å². The number of nitrogens with one attached hydrogen (secondary N) is 1. The van der Waals surface area contributed by atoms with Gasteiger partial charge in [-0.15, -0.1) is 0 Å². The van der Waals surface area contributed by atoms with Crippen LogP contribution in [0.1, 0.15) is 24.8 Å². The largest absolute Gasteiger partial charge is 0.279 e. The van der Waals surface area contributed by atoms with Crippen LogP contribution < -0.4 is 4.72 Å². The third-order valence-corrected chi connectivity index (χ3v) is 5.16. The molecule has 0 saturated carbocycles. The molecular formula is C12H16BrFN2O2S. The molecule has 7 heteroatoms. The lowest BCUT2D eigenvalue weighted by molar-refractivity contribution is 0.341. The summed E-state index contributed by atoms with van der Waals surface area (Å²) in [5.41, 5.74) is 0.329. The van der Waals surface area contributed by atoms with Crippen LogP contribution in [-0.4, -0.2) is 25.8 Å². The van der Waals surface area contributed by atoms with Crippen LogP contribution in [0.2, 0.25) is 0 Å². The number of piperidine rings is 1. The first kappa shape index (κ1) is 14.9. The van der Waals surface area contributed by atoms with Crippen molar-refractivity contribution in [2.24, 2.45) is 0 Å². The zero-order valence-electron chi connectivity index (χ0n) is 10.4. The van der Waals surface area contributed by atoms with Crippen molar-refractivity contribution in [2.75, 3.05) is 13.1 Å². The topological polar surface area (TPSA) is 49.4 Å². The molecule has 1 aromatic carbocycles. The summed E-state index contributed by atoms with van der Waals surface area (Å²) in [5, 5.41) is 0. The number of rotatable bonds is 4. The van der Waals surface area contributed by atoms with E-state index in [4.69, 9.17) is 0 Å². The molecule has 0 unspecified atom stereocenters. The molecule has 0 aliphatic carbocycles. The maximum atomic E-state index is 13.5. The minimum atomic E-state index is -3.51. The first-order chi connectivity index (χ1) is 8.99. The summed E-state index contributed by atoms with van der Waals surface area (Å²) in [6.07, 6.45) is 2.82. The summed E-state index contributed by atoms with van der Waals surface area (Å²) in [6.45, 7) is 1.04. The van der Waals surface area contributed by atoms with Crippen molar-refractivity contribution < 1.29 is 12.8 Å². The molecule has 1 aromatic rings. The molecule has 1 heterocycles. The van der Waals surface area contributed by atoms with Crippen molar-refractivity contribution in [3.63, 3.8) is 0 Å². The van der Waals surface area contributed by atoms with Crippen LogP contribution in [0.25, 0.3) is 0 Å². The van der Waals surface area contributed by atoms with Crippen molar-refractivity contribution in [3.05, 3.63) is 34.1 Å². The first-order valence-electron chi connectivity index (χ1n) is 6.18. The molecule has 1 N–H and O–H groups in total. The van der Waals surface area contributed by atoms with Gasteiger partial charge in [-0.25, -0.2) is 4.39 Å². The van der Waals surface area contributed by atoms with Gasteiger partial charge in [-0.2, -0.15) is 17.4 Å². The van der Waals surface area contributed by atoms with Crippen LogP contribution in [0.3, 0.4) is 0 Å². The highest BCUT2D eigenvalue weighted by Crippen LogP contribution is 2.16. The molecule has 1 fully saturated rings. The summed E-state index contributed by atoms with van der Waals surface area (Å²) < 4.78 is 42.2. The summed E-state index contributed by atoms with van der Waals surface area (Å²) in [4.78, 5) is 0. The van der Waals surface area contributed by atoms with E-state index in [1.807, 2.05) is 0 Å². The Morgan fingerprint density at radius 3 is 2.63 bits per heavy atom. The van der Waals surface area contributed by atoms with Crippen molar-refractivity contribution in [1.82, 2.24) is 9.03 Å². The molecule has 19 heavy (non-hydrogen) atoms. The monoisotopic (exact) mass is 350 g/mol. The highest BCUT2D eigenvalue weighted by atomic mass is 79.9. The number of nitrogens with zero attached hydrogens (tertiary/aromatic N) is 1. The van der Waals surface area contributed by atoms with E-state index in [1.54, 1.807) is 12.1 Å². The van der Waals surface area contributed by atoms with Gasteiger partial charge < -0.3 is 0 Å². The molecule has 0 bridgehead atoms. The second kappa shape index (κ2) is 6.30. The Morgan fingerprint density at radius 1 is 1.26 bits per heavy atom. The van der Waals surface area contributed by atoms with Gasteiger partial charge >= 0.3 is 0 Å². The lowest BCUT2D eigenvalue weighted by Crippen LogP contribution is -2.43. The number of hydrogen-bond acceptors (Lipinski definition) is 2. The molecule has 0 aromatic heterocycles. The standard InChI is InChI=1S/C12H16BrFN2O2S/c13-11-4-5-12(14)10(8-11)9-15-19(17,18)16-6-2-1-3-7-16/h4-5,8,15H,1-3,6-7,9H2. The number of hydrogen-bond donors (Lipinski definition) is 1. The fraction of sp³-hybridized carbons (Fsp3) is 0.500. The summed E-state index contributed by atoms with van der Waals surface area (Å²) in [7, 11) is -3.51. The van der Waals surface area contributed by atoms with Crippen molar-refractivity contribution in [2.45, 2.75) is 25.8 Å². The van der Waals surface area contributed by atoms with Gasteiger partial charge in [-0.05, 0) is 31.0 Å². The number of benzene rings is 1. The molecule has 1 aliphatic rings. The third kappa shape index (κ3) is 3.98. The maximum Gasteiger partial charge on any atom is 0.279 e. The van der Waals surface area contributed by atoms with Crippen LogP contribution in [0, 0.1) is 5.82 Å². The lowest BCUT2D eigenvalue weighted by Gasteiger charge is -2.25. The first-order valence-corrected chi connectivity index (χ1v) is 8.41. The Bertz CT molecular complexity index is 545. The van der Waals surface area contributed by atoms with Crippen molar-refractivity contribution >= 4 is 26.1 Å². The maximum absolute atomic E-state index is 13.5. The zero-order valence-corrected chi connectivity index (χ0v) is 12.8. The van der Waals surface area contributed by atoms with Gasteiger partial charge in [0.1, 0.15) is 5.82 Å². The zero-order chi connectivity index (χ0) is 13.9. The summed E-state index contributed by atoms with van der Waals surface area (Å²) in [5.74, 6) is -0.412. The van der Waals surface area contributed by atoms with Gasteiger partial charge in [0, 0.05) is 29.7 Å². The van der Waals surface area contributed by atoms with E-state index in [9.17, 15) is 12.8 Å². The van der Waals surface area contributed by atoms with E-state index in [0.717, 1.165) is 23.7 Å². The van der Waals surface area contributed by atoms with Gasteiger partial charge in [-0.1, -0.05) is 22.4 Å². The molecular weight excluding hydrogens is 335 g/mol. The van der Waals surface area contributed by atoms with Crippen LogP contribution in [0.15, 0.2) is 22.7 Å². The van der Waals surface area contributed by atoms with Crippen LogP contribution in [0.5, 0.6) is 0 Å². The SMILES string of the molecule is O=S(=O)(NCc1cc(Br)ccc1F)N1CCCCC1. The van der Waals surface area contributed by atoms with Crippen molar-refractivity contribution in [1.29, 1.82) is 0 Å². The van der Waals surface area contributed by atoms with Gasteiger partial charge in [-0.3, -0.25) is 0 Å². The molecule has 0 spiro atoms. The third-order valence-electron chi connectivity index (χ3n) is 3.11. The molecule has 1 aliphatic heterocycles. The summed E-state index contributed by atoms with van der Waals surface area (Å²) in [6, 6.07) is 4.47. The number of halogens is 2. The van der Waals surface area contributed by atoms with Gasteiger partial charge in [0.15, 0.2) is 0 Å². The average Bonchev–Trinajstić information content (AvgIpc) is 2.41. The molecule has 106 valence electrons. The second-order valence-corrected chi connectivity index (χ2v) is 7.19. The Kier molecular flexibility index (Phi) is 4.94. The molecule has 4 nitrogen and oxygen atoms in total. The average molecular weight is 351 g/mol. The Balaban J connectivity index is 2.02. The predicted octanol–water partition coefficient (Wildman–Crippen LogP) is 2.41. The van der Waals surface area contributed by atoms with Crippen molar-refractivity contribution in [3.8, 4) is 0 Å². The van der Waals surface area contributed by atoms with Crippen LogP contribution in [-0.2, 0) is 16.8 Å². The minimum Gasteiger partial charge on any atom is -0.207 e. The summed E-state index contributed by atoms with van der Waals surface area (Å²) >= 11 is 3.24. The molecule has 1 saturated heterocycles. The highest BCUT2D eigenvalue weighted by molar-refractivity contribution is 9.10. The highest BCUT2D eigenvalue weighted by Gasteiger charge is 2.23. The van der Waals surface area contributed by atoms with Crippen LogP contribution in [0.4, 0.5) is 4.39 Å². The van der Waals surface area contributed by atoms with E-state index in [-0.39, 0.29) is 6.54 Å².